The van der Waals surface area contributed by atoms with Crippen molar-refractivity contribution in [3.05, 3.63) is 57.2 Å². The molecule has 0 aliphatic rings. The first kappa shape index (κ1) is 14.0. The van der Waals surface area contributed by atoms with E-state index >= 15 is 0 Å². The van der Waals surface area contributed by atoms with Gasteiger partial charge in [0, 0.05) is 20.8 Å². The Bertz CT molecular complexity index is 590. The summed E-state index contributed by atoms with van der Waals surface area (Å²) < 4.78 is 1.54. The van der Waals surface area contributed by atoms with Gasteiger partial charge in [-0.1, -0.05) is 18.2 Å². The van der Waals surface area contributed by atoms with Crippen LogP contribution >= 0.6 is 31.9 Å². The van der Waals surface area contributed by atoms with E-state index in [1.165, 1.54) is 0 Å². The zero-order valence-electron chi connectivity index (χ0n) is 9.81. The van der Waals surface area contributed by atoms with E-state index in [0.29, 0.717) is 10.2 Å². The van der Waals surface area contributed by atoms with Gasteiger partial charge in [0.05, 0.1) is 5.69 Å². The highest BCUT2D eigenvalue weighted by atomic mass is 79.9. The highest BCUT2D eigenvalue weighted by Gasteiger charge is 2.21. The summed E-state index contributed by atoms with van der Waals surface area (Å²) in [5, 5.41) is 3.07. The molecule has 0 radical (unpaired) electrons. The second-order valence-electron chi connectivity index (χ2n) is 3.87. The lowest BCUT2D eigenvalue weighted by Crippen LogP contribution is -2.28. The van der Waals surface area contributed by atoms with Crippen LogP contribution in [0.4, 0.5) is 5.69 Å². The van der Waals surface area contributed by atoms with E-state index in [1.54, 1.807) is 6.20 Å². The van der Waals surface area contributed by atoms with Gasteiger partial charge in [-0.15, -0.1) is 0 Å². The fourth-order valence-electron chi connectivity index (χ4n) is 1.61. The van der Waals surface area contributed by atoms with Crippen LogP contribution < -0.4 is 11.1 Å². The third-order valence-corrected chi connectivity index (χ3v) is 3.55. The molecule has 1 atom stereocenters. The van der Waals surface area contributed by atoms with Crippen LogP contribution in [0.3, 0.4) is 0 Å². The third kappa shape index (κ3) is 3.54. The number of pyridine rings is 1. The minimum Gasteiger partial charge on any atom is -0.369 e. The fourth-order valence-corrected chi connectivity index (χ4v) is 2.83. The zero-order valence-corrected chi connectivity index (χ0v) is 13.0. The van der Waals surface area contributed by atoms with Gasteiger partial charge >= 0.3 is 0 Å². The van der Waals surface area contributed by atoms with Crippen LogP contribution in [-0.4, -0.2) is 10.9 Å². The van der Waals surface area contributed by atoms with Gasteiger partial charge in [-0.3, -0.25) is 9.78 Å². The molecule has 6 heteroatoms. The van der Waals surface area contributed by atoms with E-state index in [2.05, 4.69) is 42.2 Å². The fraction of sp³-hybridized carbons (Fsp3) is 0.0769. The lowest BCUT2D eigenvalue weighted by atomic mass is 10.1. The van der Waals surface area contributed by atoms with Gasteiger partial charge in [0.15, 0.2) is 0 Å². The highest BCUT2D eigenvalue weighted by Crippen LogP contribution is 2.26. The molecule has 1 unspecified atom stereocenters. The first-order valence-corrected chi connectivity index (χ1v) is 7.08. The van der Waals surface area contributed by atoms with Crippen molar-refractivity contribution in [2.45, 2.75) is 6.04 Å². The predicted octanol–water partition coefficient (Wildman–Crippen LogP) is 3.25. The number of amides is 1. The Labute approximate surface area is 127 Å². The summed E-state index contributed by atoms with van der Waals surface area (Å²) in [6.45, 7) is 0. The van der Waals surface area contributed by atoms with Crippen molar-refractivity contribution in [2.24, 2.45) is 5.73 Å². The Hall–Kier alpha value is -1.40. The van der Waals surface area contributed by atoms with Gasteiger partial charge in [0.25, 0.3) is 0 Å². The predicted molar refractivity (Wildman–Crippen MR) is 81.6 cm³/mol. The number of primary amides is 1. The number of para-hydroxylation sites is 1. The van der Waals surface area contributed by atoms with Crippen molar-refractivity contribution in [3.63, 3.8) is 0 Å². The number of halogens is 2. The molecule has 4 nitrogen and oxygen atoms in total. The number of hydrogen-bond acceptors (Lipinski definition) is 3. The van der Waals surface area contributed by atoms with Crippen LogP contribution in [0, 0.1) is 0 Å². The van der Waals surface area contributed by atoms with Gasteiger partial charge in [-0.25, -0.2) is 0 Å². The molecule has 0 saturated heterocycles. The van der Waals surface area contributed by atoms with Crippen LogP contribution in [-0.2, 0) is 4.79 Å². The summed E-state index contributed by atoms with van der Waals surface area (Å²) in [5.74, 6) is -0.487. The van der Waals surface area contributed by atoms with Crippen molar-refractivity contribution < 1.29 is 4.79 Å². The highest BCUT2D eigenvalue weighted by molar-refractivity contribution is 9.11. The Kier molecular flexibility index (Phi) is 4.55. The maximum Gasteiger partial charge on any atom is 0.246 e. The Morgan fingerprint density at radius 1 is 1.26 bits per heavy atom. The molecule has 98 valence electrons. The lowest BCUT2D eigenvalue weighted by Gasteiger charge is -2.17. The number of nitrogens with zero attached hydrogens (tertiary/aromatic N) is 1. The Balaban J connectivity index is 2.33. The standard InChI is InChI=1S/C13H11Br2N3O/c14-8-6-10(15)11(17-7-8)12(13(16)19)18-9-4-2-1-3-5-9/h1-7,12,18H,(H2,16,19). The number of carbonyl (C=O) groups is 1. The van der Waals surface area contributed by atoms with Gasteiger partial charge in [-0.05, 0) is 50.1 Å². The molecule has 0 fully saturated rings. The van der Waals surface area contributed by atoms with Gasteiger partial charge in [0.1, 0.15) is 6.04 Å². The average molecular weight is 385 g/mol. The molecule has 1 amide bonds. The van der Waals surface area contributed by atoms with E-state index in [4.69, 9.17) is 5.73 Å². The van der Waals surface area contributed by atoms with Crippen LogP contribution in [0.5, 0.6) is 0 Å². The molecule has 0 saturated carbocycles. The Morgan fingerprint density at radius 3 is 2.53 bits per heavy atom. The first-order valence-electron chi connectivity index (χ1n) is 5.50. The van der Waals surface area contributed by atoms with Gasteiger partial charge in [-0.2, -0.15) is 0 Å². The SMILES string of the molecule is NC(=O)C(Nc1ccccc1)c1ncc(Br)cc1Br. The quantitative estimate of drug-likeness (QED) is 0.850. The molecule has 0 aliphatic heterocycles. The van der Waals surface area contributed by atoms with Crippen LogP contribution in [0.2, 0.25) is 0 Å². The smallest absolute Gasteiger partial charge is 0.246 e. The zero-order chi connectivity index (χ0) is 13.8. The average Bonchev–Trinajstić information content (AvgIpc) is 2.38. The number of carbonyl (C=O) groups excluding carboxylic acids is 1. The molecular weight excluding hydrogens is 374 g/mol. The molecular formula is C13H11Br2N3O. The molecule has 19 heavy (non-hydrogen) atoms. The molecule has 3 N–H and O–H groups in total. The molecule has 2 rings (SSSR count). The molecule has 1 heterocycles. The van der Waals surface area contributed by atoms with Gasteiger partial charge < -0.3 is 11.1 Å². The molecule has 0 bridgehead atoms. The summed E-state index contributed by atoms with van der Waals surface area (Å²) in [6, 6.07) is 10.5. The largest absolute Gasteiger partial charge is 0.369 e. The summed E-state index contributed by atoms with van der Waals surface area (Å²) in [5.41, 5.74) is 6.81. The van der Waals surface area contributed by atoms with Crippen molar-refractivity contribution in [3.8, 4) is 0 Å². The molecule has 0 aliphatic carbocycles. The maximum atomic E-state index is 11.6. The van der Waals surface area contributed by atoms with E-state index < -0.39 is 11.9 Å². The minimum atomic E-state index is -0.690. The second kappa shape index (κ2) is 6.16. The van der Waals surface area contributed by atoms with E-state index in [1.807, 2.05) is 36.4 Å². The number of nitrogens with two attached hydrogens (primary N) is 1. The monoisotopic (exact) mass is 383 g/mol. The van der Waals surface area contributed by atoms with Crippen molar-refractivity contribution >= 4 is 43.5 Å². The topological polar surface area (TPSA) is 68.0 Å². The van der Waals surface area contributed by atoms with E-state index in [0.717, 1.165) is 10.2 Å². The number of anilines is 1. The number of aromatic nitrogens is 1. The maximum absolute atomic E-state index is 11.6. The number of rotatable bonds is 4. The van der Waals surface area contributed by atoms with Crippen LogP contribution in [0.1, 0.15) is 11.7 Å². The summed E-state index contributed by atoms with van der Waals surface area (Å²) in [6.07, 6.45) is 1.63. The lowest BCUT2D eigenvalue weighted by molar-refractivity contribution is -0.118. The second-order valence-corrected chi connectivity index (χ2v) is 5.64. The Morgan fingerprint density at radius 2 is 1.95 bits per heavy atom. The summed E-state index contributed by atoms with van der Waals surface area (Å²) >= 11 is 6.71. The van der Waals surface area contributed by atoms with Crippen molar-refractivity contribution in [2.75, 3.05) is 5.32 Å². The number of nitrogens with one attached hydrogen (secondary N) is 1. The first-order chi connectivity index (χ1) is 9.08. The van der Waals surface area contributed by atoms with Crippen molar-refractivity contribution in [1.82, 2.24) is 4.98 Å². The molecule has 1 aromatic carbocycles. The number of benzene rings is 1. The van der Waals surface area contributed by atoms with E-state index in [9.17, 15) is 4.79 Å². The minimum absolute atomic E-state index is 0.487. The third-order valence-electron chi connectivity index (χ3n) is 2.48. The number of hydrogen-bond donors (Lipinski definition) is 2. The molecule has 2 aromatic rings. The van der Waals surface area contributed by atoms with Crippen molar-refractivity contribution in [1.29, 1.82) is 0 Å². The van der Waals surface area contributed by atoms with Crippen LogP contribution in [0.15, 0.2) is 51.5 Å². The van der Waals surface area contributed by atoms with E-state index in [-0.39, 0.29) is 0 Å². The summed E-state index contributed by atoms with van der Waals surface area (Å²) in [4.78, 5) is 15.9. The normalized spacial score (nSPS) is 11.9. The molecule has 0 spiro atoms. The van der Waals surface area contributed by atoms with Crippen LogP contribution in [0.25, 0.3) is 0 Å². The molecule has 1 aromatic heterocycles. The van der Waals surface area contributed by atoms with Gasteiger partial charge in [0.2, 0.25) is 5.91 Å². The summed E-state index contributed by atoms with van der Waals surface area (Å²) in [7, 11) is 0.